The molecule has 0 atom stereocenters. The lowest BCUT2D eigenvalue weighted by Gasteiger charge is -2.20. The fraction of sp³-hybridized carbons (Fsp3) is 0.467. The molecule has 1 aliphatic rings. The van der Waals surface area contributed by atoms with E-state index in [9.17, 15) is 9.59 Å². The maximum atomic E-state index is 11.9. The smallest absolute Gasteiger partial charge is 0.223 e. The van der Waals surface area contributed by atoms with Crippen LogP contribution in [0, 0.1) is 0 Å². The zero-order chi connectivity index (χ0) is 13.0. The van der Waals surface area contributed by atoms with Crippen molar-refractivity contribution in [3.8, 4) is 0 Å². The van der Waals surface area contributed by atoms with Crippen LogP contribution in [0.3, 0.4) is 0 Å². The number of likely N-dealkylation sites (tertiary alicyclic amines) is 1. The average molecular weight is 245 g/mol. The second kappa shape index (κ2) is 5.80. The first-order valence-electron chi connectivity index (χ1n) is 6.56. The van der Waals surface area contributed by atoms with Crippen LogP contribution in [0.1, 0.15) is 37.3 Å². The first-order chi connectivity index (χ1) is 8.69. The van der Waals surface area contributed by atoms with E-state index < -0.39 is 0 Å². The Hall–Kier alpha value is -1.64. The number of Topliss-reactive ketones (excluding diaryl/α,β-unsaturated/α-hetero) is 1. The van der Waals surface area contributed by atoms with Crippen molar-refractivity contribution in [3.05, 3.63) is 35.4 Å². The van der Waals surface area contributed by atoms with Gasteiger partial charge in [-0.3, -0.25) is 9.59 Å². The van der Waals surface area contributed by atoms with Crippen LogP contribution >= 0.6 is 0 Å². The van der Waals surface area contributed by atoms with E-state index in [2.05, 4.69) is 31.2 Å². The van der Waals surface area contributed by atoms with Crippen LogP contribution in [0.25, 0.3) is 0 Å². The highest BCUT2D eigenvalue weighted by Gasteiger charge is 2.20. The van der Waals surface area contributed by atoms with Crippen molar-refractivity contribution >= 4 is 11.7 Å². The van der Waals surface area contributed by atoms with E-state index >= 15 is 0 Å². The molecule has 1 aromatic carbocycles. The Balaban J connectivity index is 2.02. The lowest BCUT2D eigenvalue weighted by atomic mass is 10.1. The predicted octanol–water partition coefficient (Wildman–Crippen LogP) is 2.33. The van der Waals surface area contributed by atoms with Crippen LogP contribution in [-0.2, 0) is 22.6 Å². The average Bonchev–Trinajstić information content (AvgIpc) is 2.55. The highest BCUT2D eigenvalue weighted by Crippen LogP contribution is 2.13. The number of hydrogen-bond acceptors (Lipinski definition) is 2. The molecule has 18 heavy (non-hydrogen) atoms. The first-order valence-corrected chi connectivity index (χ1v) is 6.56. The highest BCUT2D eigenvalue weighted by molar-refractivity contribution is 5.87. The molecule has 1 fully saturated rings. The molecule has 0 saturated carbocycles. The molecular weight excluding hydrogens is 226 g/mol. The van der Waals surface area contributed by atoms with Gasteiger partial charge in [-0.1, -0.05) is 31.2 Å². The summed E-state index contributed by atoms with van der Waals surface area (Å²) in [5, 5.41) is 0. The number of benzene rings is 1. The monoisotopic (exact) mass is 245 g/mol. The molecule has 3 heteroatoms. The number of nitrogens with zero attached hydrogens (tertiary/aromatic N) is 1. The predicted molar refractivity (Wildman–Crippen MR) is 70.1 cm³/mol. The van der Waals surface area contributed by atoms with Gasteiger partial charge in [0.15, 0.2) is 0 Å². The maximum absolute atomic E-state index is 11.9. The van der Waals surface area contributed by atoms with Crippen molar-refractivity contribution in [3.63, 3.8) is 0 Å². The van der Waals surface area contributed by atoms with Crippen molar-refractivity contribution < 1.29 is 9.59 Å². The van der Waals surface area contributed by atoms with Gasteiger partial charge in [-0.15, -0.1) is 0 Å². The van der Waals surface area contributed by atoms with Gasteiger partial charge in [0.25, 0.3) is 0 Å². The van der Waals surface area contributed by atoms with Gasteiger partial charge in [-0.2, -0.15) is 0 Å². The summed E-state index contributed by atoms with van der Waals surface area (Å²) in [6, 6.07) is 8.34. The number of hydrogen-bond donors (Lipinski definition) is 0. The molecule has 96 valence electrons. The Morgan fingerprint density at radius 3 is 2.33 bits per heavy atom. The minimum atomic E-state index is 0.0976. The van der Waals surface area contributed by atoms with Gasteiger partial charge in [0.1, 0.15) is 5.78 Å². The number of amides is 1. The van der Waals surface area contributed by atoms with Crippen LogP contribution in [0.4, 0.5) is 0 Å². The second-order valence-electron chi connectivity index (χ2n) is 4.77. The Bertz CT molecular complexity index is 436. The molecular formula is C15H19NO2. The third kappa shape index (κ3) is 3.19. The maximum Gasteiger partial charge on any atom is 0.223 e. The summed E-state index contributed by atoms with van der Waals surface area (Å²) in [6.07, 6.45) is 2.30. The summed E-state index contributed by atoms with van der Waals surface area (Å²) >= 11 is 0. The Labute approximate surface area is 108 Å². The van der Waals surface area contributed by atoms with Crippen molar-refractivity contribution in [2.75, 3.05) is 6.54 Å². The van der Waals surface area contributed by atoms with Crippen LogP contribution in [0.15, 0.2) is 24.3 Å². The molecule has 0 unspecified atom stereocenters. The largest absolute Gasteiger partial charge is 0.338 e. The second-order valence-corrected chi connectivity index (χ2v) is 4.77. The minimum Gasteiger partial charge on any atom is -0.338 e. The lowest BCUT2D eigenvalue weighted by molar-refractivity contribution is -0.131. The van der Waals surface area contributed by atoms with Gasteiger partial charge in [0.05, 0.1) is 0 Å². The summed E-state index contributed by atoms with van der Waals surface area (Å²) in [6.45, 7) is 3.31. The first kappa shape index (κ1) is 12.8. The lowest BCUT2D eigenvalue weighted by Crippen LogP contribution is -2.29. The van der Waals surface area contributed by atoms with Gasteiger partial charge in [-0.05, 0) is 17.5 Å². The number of carbonyl (C=O) groups is 2. The summed E-state index contributed by atoms with van der Waals surface area (Å²) in [5.41, 5.74) is 2.44. The summed E-state index contributed by atoms with van der Waals surface area (Å²) in [5.74, 6) is 0.299. The minimum absolute atomic E-state index is 0.0976. The van der Waals surface area contributed by atoms with E-state index in [4.69, 9.17) is 0 Å². The van der Waals surface area contributed by atoms with Crippen LogP contribution in [0.5, 0.6) is 0 Å². The Morgan fingerprint density at radius 2 is 1.67 bits per heavy atom. The molecule has 0 radical (unpaired) electrons. The number of rotatable bonds is 3. The van der Waals surface area contributed by atoms with Gasteiger partial charge in [0, 0.05) is 32.4 Å². The zero-order valence-electron chi connectivity index (χ0n) is 10.8. The molecule has 0 N–H and O–H groups in total. The van der Waals surface area contributed by atoms with E-state index in [1.165, 1.54) is 5.56 Å². The molecule has 2 rings (SSSR count). The van der Waals surface area contributed by atoms with Gasteiger partial charge in [-0.25, -0.2) is 0 Å². The van der Waals surface area contributed by atoms with Crippen molar-refractivity contribution in [1.29, 1.82) is 0 Å². The molecule has 1 saturated heterocycles. The molecule has 1 heterocycles. The third-order valence-corrected chi connectivity index (χ3v) is 3.44. The molecule has 0 spiro atoms. The summed E-state index contributed by atoms with van der Waals surface area (Å²) < 4.78 is 0. The van der Waals surface area contributed by atoms with Crippen LogP contribution in [0.2, 0.25) is 0 Å². The third-order valence-electron chi connectivity index (χ3n) is 3.44. The van der Waals surface area contributed by atoms with Gasteiger partial charge < -0.3 is 4.90 Å². The van der Waals surface area contributed by atoms with E-state index in [-0.39, 0.29) is 11.7 Å². The van der Waals surface area contributed by atoms with E-state index in [1.54, 1.807) is 4.90 Å². The van der Waals surface area contributed by atoms with E-state index in [0.29, 0.717) is 32.4 Å². The fourth-order valence-electron chi connectivity index (χ4n) is 2.18. The van der Waals surface area contributed by atoms with Crippen LogP contribution in [-0.4, -0.2) is 23.1 Å². The Kier molecular flexibility index (Phi) is 4.13. The van der Waals surface area contributed by atoms with Crippen LogP contribution < -0.4 is 0 Å². The molecule has 3 nitrogen and oxygen atoms in total. The summed E-state index contributed by atoms with van der Waals surface area (Å²) in [4.78, 5) is 25.0. The zero-order valence-corrected chi connectivity index (χ0v) is 10.8. The fourth-order valence-corrected chi connectivity index (χ4v) is 2.18. The molecule has 0 aliphatic carbocycles. The number of carbonyl (C=O) groups excluding carboxylic acids is 2. The summed E-state index contributed by atoms with van der Waals surface area (Å²) in [7, 11) is 0. The Morgan fingerprint density at radius 1 is 1.00 bits per heavy atom. The van der Waals surface area contributed by atoms with Gasteiger partial charge in [0.2, 0.25) is 5.91 Å². The number of ketones is 1. The van der Waals surface area contributed by atoms with Crippen molar-refractivity contribution in [2.45, 2.75) is 39.2 Å². The normalized spacial score (nSPS) is 16.8. The van der Waals surface area contributed by atoms with E-state index in [1.807, 2.05) is 0 Å². The topological polar surface area (TPSA) is 37.4 Å². The standard InChI is InChI=1S/C15H19NO2/c1-2-12-3-5-13(6-4-12)11-16-10-9-14(17)7-8-15(16)18/h3-6H,2,7-11H2,1H3. The molecule has 1 aliphatic heterocycles. The highest BCUT2D eigenvalue weighted by atomic mass is 16.2. The molecule has 1 aromatic rings. The number of aryl methyl sites for hydroxylation is 1. The van der Waals surface area contributed by atoms with Gasteiger partial charge >= 0.3 is 0 Å². The van der Waals surface area contributed by atoms with Crippen molar-refractivity contribution in [1.82, 2.24) is 4.90 Å². The van der Waals surface area contributed by atoms with E-state index in [0.717, 1.165) is 12.0 Å². The quantitative estimate of drug-likeness (QED) is 0.819. The molecule has 0 bridgehead atoms. The molecule has 0 aromatic heterocycles. The molecule has 1 amide bonds. The SMILES string of the molecule is CCc1ccc(CN2CCC(=O)CCC2=O)cc1. The van der Waals surface area contributed by atoms with Crippen molar-refractivity contribution in [2.24, 2.45) is 0 Å².